The predicted octanol–water partition coefficient (Wildman–Crippen LogP) is 3.36. The zero-order chi connectivity index (χ0) is 25.1. The molecule has 3 aromatic rings. The Morgan fingerprint density at radius 1 is 1.24 bits per heavy atom. The Balaban J connectivity index is 0.000000479. The topological polar surface area (TPSA) is 124 Å². The van der Waals surface area contributed by atoms with Crippen LogP contribution in [-0.2, 0) is 16.9 Å². The van der Waals surface area contributed by atoms with Crippen LogP contribution < -0.4 is 5.32 Å². The fraction of sp³-hybridized carbons (Fsp3) is 0.400. The van der Waals surface area contributed by atoms with Crippen molar-refractivity contribution in [1.82, 2.24) is 25.3 Å². The maximum Gasteiger partial charge on any atom is 0.490 e. The van der Waals surface area contributed by atoms with E-state index < -0.39 is 17.7 Å². The van der Waals surface area contributed by atoms with Crippen molar-refractivity contribution in [2.75, 3.05) is 14.1 Å². The highest BCUT2D eigenvalue weighted by Crippen LogP contribution is 2.24. The number of carbonyl (C=O) groups excluding carboxylic acids is 1. The number of aromatic nitrogens is 3. The SMILES string of the molecule is Cc1c(C(=O)NC(C)(C)c2noc(CN(C)C)n2)[nH]c2cc(F)ccc12.O=C(O)C(F)(F)F. The number of hydrogen-bond donors (Lipinski definition) is 3. The van der Waals surface area contributed by atoms with E-state index in [1.807, 2.05) is 25.9 Å². The molecule has 0 radical (unpaired) electrons. The van der Waals surface area contributed by atoms with Crippen molar-refractivity contribution in [3.8, 4) is 0 Å². The number of alkyl halides is 3. The lowest BCUT2D eigenvalue weighted by Gasteiger charge is -2.22. The summed E-state index contributed by atoms with van der Waals surface area (Å²) < 4.78 is 50.4. The fourth-order valence-corrected chi connectivity index (χ4v) is 2.78. The number of carboxylic acids is 1. The molecule has 2 heterocycles. The van der Waals surface area contributed by atoms with Crippen molar-refractivity contribution < 1.29 is 36.8 Å². The van der Waals surface area contributed by atoms with Gasteiger partial charge in [0.25, 0.3) is 5.91 Å². The number of carbonyl (C=O) groups is 2. The van der Waals surface area contributed by atoms with Gasteiger partial charge in [0.15, 0.2) is 5.82 Å². The number of H-pyrrole nitrogens is 1. The molecular formula is C20H23F4N5O4. The summed E-state index contributed by atoms with van der Waals surface area (Å²) in [6.45, 7) is 5.94. The first kappa shape index (κ1) is 25.8. The number of halogens is 4. The first-order valence-corrected chi connectivity index (χ1v) is 9.50. The van der Waals surface area contributed by atoms with Gasteiger partial charge in [-0.25, -0.2) is 9.18 Å². The van der Waals surface area contributed by atoms with Gasteiger partial charge in [0.2, 0.25) is 5.89 Å². The van der Waals surface area contributed by atoms with E-state index in [0.717, 1.165) is 10.9 Å². The zero-order valence-corrected chi connectivity index (χ0v) is 18.5. The van der Waals surface area contributed by atoms with Crippen molar-refractivity contribution >= 4 is 22.8 Å². The third kappa shape index (κ3) is 6.51. The molecule has 9 nitrogen and oxygen atoms in total. The smallest absolute Gasteiger partial charge is 0.475 e. The van der Waals surface area contributed by atoms with Gasteiger partial charge in [0.05, 0.1) is 12.1 Å². The summed E-state index contributed by atoms with van der Waals surface area (Å²) in [5.41, 5.74) is 0.892. The van der Waals surface area contributed by atoms with E-state index in [4.69, 9.17) is 14.4 Å². The molecule has 180 valence electrons. The van der Waals surface area contributed by atoms with Crippen LogP contribution in [0.25, 0.3) is 10.9 Å². The molecule has 2 aromatic heterocycles. The summed E-state index contributed by atoms with van der Waals surface area (Å²) in [4.78, 5) is 30.9. The van der Waals surface area contributed by atoms with E-state index in [1.165, 1.54) is 12.1 Å². The number of aliphatic carboxylic acids is 1. The lowest BCUT2D eigenvalue weighted by Crippen LogP contribution is -2.42. The molecule has 0 fully saturated rings. The highest BCUT2D eigenvalue weighted by Gasteiger charge is 2.38. The molecule has 0 aliphatic heterocycles. The van der Waals surface area contributed by atoms with E-state index in [1.54, 1.807) is 19.9 Å². The number of nitrogens with zero attached hydrogens (tertiary/aromatic N) is 3. The Labute approximate surface area is 185 Å². The molecule has 33 heavy (non-hydrogen) atoms. The summed E-state index contributed by atoms with van der Waals surface area (Å²) in [6, 6.07) is 4.41. The van der Waals surface area contributed by atoms with Gasteiger partial charge in [-0.05, 0) is 58.6 Å². The minimum absolute atomic E-state index is 0.317. The van der Waals surface area contributed by atoms with Crippen molar-refractivity contribution in [1.29, 1.82) is 0 Å². The number of hydrogen-bond acceptors (Lipinski definition) is 6. The first-order chi connectivity index (χ1) is 15.1. The van der Waals surface area contributed by atoms with Crippen molar-refractivity contribution in [3.05, 3.63) is 47.0 Å². The molecule has 3 rings (SSSR count). The van der Waals surface area contributed by atoms with Gasteiger partial charge in [-0.1, -0.05) is 5.16 Å². The third-order valence-corrected chi connectivity index (χ3v) is 4.39. The molecule has 0 atom stereocenters. The lowest BCUT2D eigenvalue weighted by atomic mass is 10.0. The minimum atomic E-state index is -5.08. The number of nitrogens with one attached hydrogen (secondary N) is 2. The summed E-state index contributed by atoms with van der Waals surface area (Å²) in [5.74, 6) is -2.56. The van der Waals surface area contributed by atoms with Crippen LogP contribution in [0, 0.1) is 12.7 Å². The van der Waals surface area contributed by atoms with Gasteiger partial charge in [-0.2, -0.15) is 18.2 Å². The van der Waals surface area contributed by atoms with Gasteiger partial charge < -0.3 is 24.8 Å². The second-order valence-corrected chi connectivity index (χ2v) is 7.95. The van der Waals surface area contributed by atoms with E-state index >= 15 is 0 Å². The Morgan fingerprint density at radius 3 is 2.39 bits per heavy atom. The van der Waals surface area contributed by atoms with Crippen molar-refractivity contribution in [2.24, 2.45) is 0 Å². The van der Waals surface area contributed by atoms with Gasteiger partial charge >= 0.3 is 12.1 Å². The summed E-state index contributed by atoms with van der Waals surface area (Å²) in [6.07, 6.45) is -5.08. The standard InChI is InChI=1S/C18H22FN5O2.C2HF3O2/c1-10-12-7-6-11(19)8-13(12)20-15(10)16(25)22-18(2,3)17-21-14(26-23-17)9-24(4)5;3-2(4,5)1(6)7/h6-8,20H,9H2,1-5H3,(H,22,25);(H,6,7). The van der Waals surface area contributed by atoms with Crippen LogP contribution in [-0.4, -0.2) is 57.3 Å². The lowest BCUT2D eigenvalue weighted by molar-refractivity contribution is -0.192. The normalized spacial score (nSPS) is 11.9. The van der Waals surface area contributed by atoms with Gasteiger partial charge in [-0.3, -0.25) is 4.79 Å². The molecular weight excluding hydrogens is 450 g/mol. The third-order valence-electron chi connectivity index (χ3n) is 4.39. The van der Waals surface area contributed by atoms with Crippen LogP contribution in [0.3, 0.4) is 0 Å². The van der Waals surface area contributed by atoms with Crippen LogP contribution in [0.15, 0.2) is 22.7 Å². The van der Waals surface area contributed by atoms with Gasteiger partial charge in [0, 0.05) is 10.9 Å². The minimum Gasteiger partial charge on any atom is -0.475 e. The van der Waals surface area contributed by atoms with Crippen LogP contribution >= 0.6 is 0 Å². The maximum atomic E-state index is 13.4. The Bertz CT molecular complexity index is 1150. The molecule has 0 saturated carbocycles. The molecule has 0 spiro atoms. The Kier molecular flexibility index (Phi) is 7.47. The maximum absolute atomic E-state index is 13.4. The molecule has 0 aliphatic carbocycles. The molecule has 0 unspecified atom stereocenters. The average Bonchev–Trinajstić information content (AvgIpc) is 3.25. The monoisotopic (exact) mass is 473 g/mol. The summed E-state index contributed by atoms with van der Waals surface area (Å²) in [7, 11) is 3.80. The number of amides is 1. The fourth-order valence-electron chi connectivity index (χ4n) is 2.78. The number of fused-ring (bicyclic) bond motifs is 1. The molecule has 0 aliphatic rings. The van der Waals surface area contributed by atoms with Crippen molar-refractivity contribution in [2.45, 2.75) is 39.0 Å². The quantitative estimate of drug-likeness (QED) is 0.486. The molecule has 13 heteroatoms. The summed E-state index contributed by atoms with van der Waals surface area (Å²) in [5, 5.41) is 14.8. The number of carboxylic acid groups (broad SMARTS) is 1. The summed E-state index contributed by atoms with van der Waals surface area (Å²) >= 11 is 0. The number of aromatic amines is 1. The largest absolute Gasteiger partial charge is 0.490 e. The van der Waals surface area contributed by atoms with Gasteiger partial charge in [-0.15, -0.1) is 0 Å². The Hall–Kier alpha value is -3.48. The average molecular weight is 473 g/mol. The number of benzene rings is 1. The molecule has 3 N–H and O–H groups in total. The molecule has 1 amide bonds. The van der Waals surface area contributed by atoms with Crippen molar-refractivity contribution in [3.63, 3.8) is 0 Å². The number of rotatable bonds is 5. The second-order valence-electron chi connectivity index (χ2n) is 7.95. The number of aryl methyl sites for hydroxylation is 1. The predicted molar refractivity (Wildman–Crippen MR) is 109 cm³/mol. The highest BCUT2D eigenvalue weighted by atomic mass is 19.4. The van der Waals surface area contributed by atoms with E-state index in [0.29, 0.717) is 29.5 Å². The first-order valence-electron chi connectivity index (χ1n) is 9.50. The highest BCUT2D eigenvalue weighted by molar-refractivity contribution is 6.01. The molecule has 0 bridgehead atoms. The van der Waals surface area contributed by atoms with Crippen LogP contribution in [0.1, 0.15) is 41.6 Å². The Morgan fingerprint density at radius 2 is 1.85 bits per heavy atom. The molecule has 0 saturated heterocycles. The zero-order valence-electron chi connectivity index (χ0n) is 18.5. The van der Waals surface area contributed by atoms with Crippen LogP contribution in [0.5, 0.6) is 0 Å². The van der Waals surface area contributed by atoms with E-state index in [-0.39, 0.29) is 11.7 Å². The van der Waals surface area contributed by atoms with Crippen LogP contribution in [0.2, 0.25) is 0 Å². The van der Waals surface area contributed by atoms with E-state index in [2.05, 4.69) is 20.4 Å². The van der Waals surface area contributed by atoms with E-state index in [9.17, 15) is 22.4 Å². The van der Waals surface area contributed by atoms with Gasteiger partial charge in [0.1, 0.15) is 11.5 Å². The second kappa shape index (κ2) is 9.57. The van der Waals surface area contributed by atoms with Crippen LogP contribution in [0.4, 0.5) is 17.6 Å². The molecule has 1 aromatic carbocycles.